The van der Waals surface area contributed by atoms with Crippen LogP contribution in [0.5, 0.6) is 0 Å². The molecule has 1 aromatic heterocycles. The van der Waals surface area contributed by atoms with Crippen LogP contribution in [-0.2, 0) is 11.2 Å². The number of carboxylic acid groups (broad SMARTS) is 1. The summed E-state index contributed by atoms with van der Waals surface area (Å²) in [4.78, 5) is 14.3. The number of carboxylic acids is 1. The van der Waals surface area contributed by atoms with E-state index in [2.05, 4.69) is 11.1 Å². The Morgan fingerprint density at radius 2 is 2.14 bits per heavy atom. The summed E-state index contributed by atoms with van der Waals surface area (Å²) >= 11 is 0. The molecule has 0 spiro atoms. The third-order valence-corrected chi connectivity index (χ3v) is 3.73. The number of aromatic amines is 1. The number of aryl methyl sites for hydroxylation is 1. The number of rotatable bonds is 6. The van der Waals surface area contributed by atoms with Gasteiger partial charge in [-0.1, -0.05) is 30.4 Å². The summed E-state index contributed by atoms with van der Waals surface area (Å²) in [5.41, 5.74) is 7.55. The average Bonchev–Trinajstić information content (AvgIpc) is 2.86. The van der Waals surface area contributed by atoms with Crippen molar-refractivity contribution in [3.05, 3.63) is 48.2 Å². The van der Waals surface area contributed by atoms with E-state index in [0.717, 1.165) is 18.4 Å². The maximum absolute atomic E-state index is 11.0. The van der Waals surface area contributed by atoms with E-state index in [1.54, 1.807) is 26.0 Å². The maximum Gasteiger partial charge on any atom is 0.312 e. The van der Waals surface area contributed by atoms with Crippen LogP contribution in [0.1, 0.15) is 25.8 Å². The van der Waals surface area contributed by atoms with Crippen molar-refractivity contribution in [2.24, 2.45) is 11.1 Å². The van der Waals surface area contributed by atoms with Gasteiger partial charge in [0.15, 0.2) is 0 Å². The second-order valence-electron chi connectivity index (χ2n) is 5.95. The predicted octanol–water partition coefficient (Wildman–Crippen LogP) is 3.09. The fraction of sp³-hybridized carbons (Fsp3) is 0.353. The predicted molar refractivity (Wildman–Crippen MR) is 85.2 cm³/mol. The molecule has 2 rings (SSSR count). The number of nitrogens with one attached hydrogen (secondary N) is 1. The first-order valence-corrected chi connectivity index (χ1v) is 7.13. The number of carbonyl (C=O) groups is 1. The summed E-state index contributed by atoms with van der Waals surface area (Å²) in [7, 11) is 0. The van der Waals surface area contributed by atoms with Crippen molar-refractivity contribution in [1.82, 2.24) is 4.98 Å². The number of aliphatic carboxylic acids is 1. The van der Waals surface area contributed by atoms with Gasteiger partial charge in [-0.05, 0) is 38.3 Å². The fourth-order valence-electron chi connectivity index (χ4n) is 2.19. The number of hydrogen-bond donors (Lipinski definition) is 3. The first-order chi connectivity index (χ1) is 9.90. The quantitative estimate of drug-likeness (QED) is 0.714. The van der Waals surface area contributed by atoms with Gasteiger partial charge >= 0.3 is 5.97 Å². The molecule has 0 fully saturated rings. The van der Waals surface area contributed by atoms with Crippen LogP contribution in [0, 0.1) is 5.41 Å². The van der Waals surface area contributed by atoms with Gasteiger partial charge in [0.25, 0.3) is 0 Å². The van der Waals surface area contributed by atoms with Gasteiger partial charge in [-0.15, -0.1) is 0 Å². The van der Waals surface area contributed by atoms with E-state index < -0.39 is 11.4 Å². The Morgan fingerprint density at radius 1 is 1.43 bits per heavy atom. The van der Waals surface area contributed by atoms with Gasteiger partial charge in [0.2, 0.25) is 0 Å². The molecule has 0 aliphatic carbocycles. The normalized spacial score (nSPS) is 13.9. The second-order valence-corrected chi connectivity index (χ2v) is 5.95. The van der Waals surface area contributed by atoms with Crippen molar-refractivity contribution in [2.75, 3.05) is 0 Å². The highest BCUT2D eigenvalue weighted by atomic mass is 16.4. The molecule has 0 aliphatic heterocycles. The molecule has 0 unspecified atom stereocenters. The van der Waals surface area contributed by atoms with Crippen molar-refractivity contribution >= 4 is 16.9 Å². The van der Waals surface area contributed by atoms with E-state index in [9.17, 15) is 4.79 Å². The lowest BCUT2D eigenvalue weighted by Crippen LogP contribution is -2.23. The minimum atomic E-state index is -0.877. The highest BCUT2D eigenvalue weighted by molar-refractivity contribution is 5.83. The molecule has 4 heteroatoms. The molecule has 1 aromatic carbocycles. The molecular formula is C17H22N2O2. The molecule has 112 valence electrons. The molecule has 1 atom stereocenters. The largest absolute Gasteiger partial charge is 0.481 e. The van der Waals surface area contributed by atoms with Crippen LogP contribution < -0.4 is 5.73 Å². The minimum Gasteiger partial charge on any atom is -0.481 e. The molecule has 0 bridgehead atoms. The van der Waals surface area contributed by atoms with E-state index in [1.165, 1.54) is 10.9 Å². The van der Waals surface area contributed by atoms with Gasteiger partial charge in [0, 0.05) is 23.1 Å². The summed E-state index contributed by atoms with van der Waals surface area (Å²) in [6, 6.07) is 8.03. The molecule has 4 N–H and O–H groups in total. The summed E-state index contributed by atoms with van der Waals surface area (Å²) in [6.45, 7) is 3.33. The van der Waals surface area contributed by atoms with E-state index in [1.807, 2.05) is 24.4 Å². The van der Waals surface area contributed by atoms with Gasteiger partial charge in [0.1, 0.15) is 0 Å². The van der Waals surface area contributed by atoms with Crippen LogP contribution in [0.3, 0.4) is 0 Å². The summed E-state index contributed by atoms with van der Waals surface area (Å²) in [5, 5.41) is 10.3. The van der Waals surface area contributed by atoms with E-state index >= 15 is 0 Å². The van der Waals surface area contributed by atoms with Crippen molar-refractivity contribution in [2.45, 2.75) is 32.7 Å². The molecule has 0 radical (unpaired) electrons. The first kappa shape index (κ1) is 15.3. The molecular weight excluding hydrogens is 264 g/mol. The lowest BCUT2D eigenvalue weighted by molar-refractivity contribution is -0.144. The Bertz CT molecular complexity index is 656. The average molecular weight is 286 g/mol. The number of benzene rings is 1. The molecule has 1 heterocycles. The molecule has 0 saturated heterocycles. The highest BCUT2D eigenvalue weighted by Gasteiger charge is 2.23. The molecule has 0 saturated carbocycles. The first-order valence-electron chi connectivity index (χ1n) is 7.13. The lowest BCUT2D eigenvalue weighted by Gasteiger charge is -2.14. The zero-order valence-electron chi connectivity index (χ0n) is 12.5. The Hall–Kier alpha value is -2.07. The van der Waals surface area contributed by atoms with Gasteiger partial charge in [-0.3, -0.25) is 4.79 Å². The second kappa shape index (κ2) is 6.14. The molecule has 0 aliphatic rings. The Labute approximate surface area is 124 Å². The van der Waals surface area contributed by atoms with Crippen LogP contribution >= 0.6 is 0 Å². The van der Waals surface area contributed by atoms with E-state index in [4.69, 9.17) is 10.8 Å². The summed E-state index contributed by atoms with van der Waals surface area (Å²) < 4.78 is 0. The number of aromatic nitrogens is 1. The van der Waals surface area contributed by atoms with Gasteiger partial charge < -0.3 is 15.8 Å². The van der Waals surface area contributed by atoms with Crippen molar-refractivity contribution in [1.29, 1.82) is 0 Å². The highest BCUT2D eigenvalue weighted by Crippen LogP contribution is 2.20. The lowest BCUT2D eigenvalue weighted by atomic mass is 9.92. The van der Waals surface area contributed by atoms with E-state index in [-0.39, 0.29) is 6.04 Å². The Balaban J connectivity index is 1.97. The number of H-pyrrole nitrogens is 1. The Morgan fingerprint density at radius 3 is 2.86 bits per heavy atom. The minimum absolute atomic E-state index is 0.141. The Kier molecular flexibility index (Phi) is 4.48. The topological polar surface area (TPSA) is 79.1 Å². The van der Waals surface area contributed by atoms with Gasteiger partial charge in [0.05, 0.1) is 5.41 Å². The van der Waals surface area contributed by atoms with Crippen LogP contribution in [0.15, 0.2) is 42.6 Å². The van der Waals surface area contributed by atoms with Crippen LogP contribution in [0.2, 0.25) is 0 Å². The smallest absolute Gasteiger partial charge is 0.312 e. The molecule has 21 heavy (non-hydrogen) atoms. The van der Waals surface area contributed by atoms with Crippen LogP contribution in [-0.4, -0.2) is 22.1 Å². The van der Waals surface area contributed by atoms with Crippen molar-refractivity contribution < 1.29 is 9.90 Å². The zero-order valence-corrected chi connectivity index (χ0v) is 12.5. The zero-order chi connectivity index (χ0) is 15.5. The number of para-hydroxylation sites is 1. The standard InChI is InChI=1S/C17H22N2O2/c1-17(2,16(20)21)10-9-13(18)8-7-12-11-19-15-6-4-3-5-14(12)15/h3-6,9-11,13,19H,7-8,18H2,1-2H3,(H,20,21)/b10-9+/t13-/m1/s1. The van der Waals surface area contributed by atoms with E-state index in [0.29, 0.717) is 0 Å². The summed E-state index contributed by atoms with van der Waals surface area (Å²) in [5.74, 6) is -0.845. The van der Waals surface area contributed by atoms with Crippen molar-refractivity contribution in [3.8, 4) is 0 Å². The van der Waals surface area contributed by atoms with Crippen LogP contribution in [0.4, 0.5) is 0 Å². The number of hydrogen-bond acceptors (Lipinski definition) is 2. The third kappa shape index (κ3) is 3.73. The van der Waals surface area contributed by atoms with Crippen LogP contribution in [0.25, 0.3) is 10.9 Å². The van der Waals surface area contributed by atoms with Gasteiger partial charge in [-0.2, -0.15) is 0 Å². The number of nitrogens with two attached hydrogens (primary N) is 1. The molecule has 2 aromatic rings. The summed E-state index contributed by atoms with van der Waals surface area (Å²) in [6.07, 6.45) is 7.14. The molecule has 0 amide bonds. The van der Waals surface area contributed by atoms with Crippen molar-refractivity contribution in [3.63, 3.8) is 0 Å². The maximum atomic E-state index is 11.0. The van der Waals surface area contributed by atoms with Gasteiger partial charge in [-0.25, -0.2) is 0 Å². The molecule has 4 nitrogen and oxygen atoms in total. The monoisotopic (exact) mass is 286 g/mol. The SMILES string of the molecule is CC(C)(/C=C/[C@H](N)CCc1c[nH]c2ccccc12)C(=O)O. The number of fused-ring (bicyclic) bond motifs is 1. The third-order valence-electron chi connectivity index (χ3n) is 3.73. The fourth-order valence-corrected chi connectivity index (χ4v) is 2.19.